The third kappa shape index (κ3) is 3.59. The van der Waals surface area contributed by atoms with E-state index in [4.69, 9.17) is 5.73 Å². The topological polar surface area (TPSA) is 79.1 Å². The fourth-order valence-electron chi connectivity index (χ4n) is 3.24. The van der Waals surface area contributed by atoms with Gasteiger partial charge in [-0.2, -0.15) is 0 Å². The maximum Gasteiger partial charge on any atom is 0.335 e. The Bertz CT molecular complexity index is 879. The molecule has 3 rings (SSSR count). The average Bonchev–Trinajstić information content (AvgIpc) is 3.00. The molecule has 3 aromatic rings. The monoisotopic (exact) mass is 336 g/mol. The number of aryl methyl sites for hydroxylation is 2. The first-order valence-electron chi connectivity index (χ1n) is 8.81. The van der Waals surface area contributed by atoms with E-state index in [1.54, 1.807) is 12.1 Å². The zero-order valence-electron chi connectivity index (χ0n) is 14.5. The number of aromatic amines is 1. The summed E-state index contributed by atoms with van der Waals surface area (Å²) in [6.07, 6.45) is 3.84. The van der Waals surface area contributed by atoms with Gasteiger partial charge in [0, 0.05) is 16.6 Å². The second-order valence-electron chi connectivity index (χ2n) is 6.34. The smallest absolute Gasteiger partial charge is 0.335 e. The van der Waals surface area contributed by atoms with Crippen LogP contribution in [0.15, 0.2) is 42.5 Å². The maximum absolute atomic E-state index is 11.3. The predicted octanol–water partition coefficient (Wildman–Crippen LogP) is 4.38. The van der Waals surface area contributed by atoms with E-state index < -0.39 is 5.97 Å². The summed E-state index contributed by atoms with van der Waals surface area (Å²) in [7, 11) is 0. The highest BCUT2D eigenvalue weighted by Gasteiger charge is 2.15. The number of nitrogens with one attached hydrogen (secondary N) is 1. The van der Waals surface area contributed by atoms with Gasteiger partial charge in [-0.25, -0.2) is 4.79 Å². The first-order chi connectivity index (χ1) is 12.1. The molecule has 0 aliphatic carbocycles. The standard InChI is InChI=1S/C21H24N2O2/c1-2-14-6-8-15(9-7-14)20-17(5-3-4-12-22)18-13-16(21(24)25)10-11-19(18)23-20/h6-11,13,23H,2-5,12,22H2,1H3,(H,24,25). The van der Waals surface area contributed by atoms with Crippen LogP contribution in [0.25, 0.3) is 22.2 Å². The number of rotatable bonds is 7. The van der Waals surface area contributed by atoms with Gasteiger partial charge in [-0.05, 0) is 67.1 Å². The number of aromatic carboxylic acids is 1. The van der Waals surface area contributed by atoms with E-state index in [-0.39, 0.29) is 0 Å². The lowest BCUT2D eigenvalue weighted by molar-refractivity contribution is 0.0697. The minimum absolute atomic E-state index is 0.319. The van der Waals surface area contributed by atoms with Crippen molar-refractivity contribution in [2.75, 3.05) is 6.54 Å². The summed E-state index contributed by atoms with van der Waals surface area (Å²) in [6, 6.07) is 13.8. The minimum Gasteiger partial charge on any atom is -0.478 e. The van der Waals surface area contributed by atoms with Crippen molar-refractivity contribution >= 4 is 16.9 Å². The summed E-state index contributed by atoms with van der Waals surface area (Å²) < 4.78 is 0. The Labute approximate surface area is 147 Å². The van der Waals surface area contributed by atoms with Crippen molar-refractivity contribution in [3.05, 3.63) is 59.2 Å². The molecule has 2 aromatic carbocycles. The van der Waals surface area contributed by atoms with Crippen LogP contribution < -0.4 is 5.73 Å². The van der Waals surface area contributed by atoms with E-state index in [0.717, 1.165) is 47.8 Å². The zero-order valence-corrected chi connectivity index (χ0v) is 14.5. The quantitative estimate of drug-likeness (QED) is 0.560. The molecule has 4 heteroatoms. The number of aromatic nitrogens is 1. The maximum atomic E-state index is 11.3. The van der Waals surface area contributed by atoms with Gasteiger partial charge in [0.05, 0.1) is 5.56 Å². The number of carboxylic acid groups (broad SMARTS) is 1. The van der Waals surface area contributed by atoms with E-state index in [0.29, 0.717) is 12.1 Å². The Balaban J connectivity index is 2.11. The molecule has 4 N–H and O–H groups in total. The number of unbranched alkanes of at least 4 members (excludes halogenated alkanes) is 1. The van der Waals surface area contributed by atoms with Crippen molar-refractivity contribution < 1.29 is 9.90 Å². The number of H-pyrrole nitrogens is 1. The normalized spacial score (nSPS) is 11.1. The van der Waals surface area contributed by atoms with Gasteiger partial charge in [-0.15, -0.1) is 0 Å². The summed E-state index contributed by atoms with van der Waals surface area (Å²) in [4.78, 5) is 14.8. The third-order valence-corrected chi connectivity index (χ3v) is 4.68. The molecule has 130 valence electrons. The number of nitrogens with two attached hydrogens (primary N) is 1. The molecule has 0 unspecified atom stereocenters. The molecule has 0 saturated heterocycles. The highest BCUT2D eigenvalue weighted by molar-refractivity contribution is 5.97. The van der Waals surface area contributed by atoms with E-state index in [1.165, 1.54) is 11.1 Å². The summed E-state index contributed by atoms with van der Waals surface area (Å²) in [6.45, 7) is 2.81. The van der Waals surface area contributed by atoms with Crippen molar-refractivity contribution in [3.63, 3.8) is 0 Å². The average molecular weight is 336 g/mol. The van der Waals surface area contributed by atoms with Gasteiger partial charge in [-0.3, -0.25) is 0 Å². The van der Waals surface area contributed by atoms with Gasteiger partial charge >= 0.3 is 5.97 Å². The van der Waals surface area contributed by atoms with Crippen molar-refractivity contribution in [2.45, 2.75) is 32.6 Å². The highest BCUT2D eigenvalue weighted by Crippen LogP contribution is 2.32. The lowest BCUT2D eigenvalue weighted by Gasteiger charge is -2.06. The Hall–Kier alpha value is -2.59. The van der Waals surface area contributed by atoms with Crippen LogP contribution in [-0.4, -0.2) is 22.6 Å². The molecule has 25 heavy (non-hydrogen) atoms. The first kappa shape index (κ1) is 17.2. The van der Waals surface area contributed by atoms with Crippen LogP contribution in [0.2, 0.25) is 0 Å². The Morgan fingerprint density at radius 1 is 1.12 bits per heavy atom. The molecular formula is C21H24N2O2. The van der Waals surface area contributed by atoms with E-state index >= 15 is 0 Å². The van der Waals surface area contributed by atoms with Crippen LogP contribution in [0.4, 0.5) is 0 Å². The molecule has 0 radical (unpaired) electrons. The Morgan fingerprint density at radius 3 is 2.52 bits per heavy atom. The summed E-state index contributed by atoms with van der Waals surface area (Å²) in [5, 5.41) is 10.3. The van der Waals surface area contributed by atoms with Crippen LogP contribution in [0, 0.1) is 0 Å². The Morgan fingerprint density at radius 2 is 1.88 bits per heavy atom. The molecule has 0 aliphatic rings. The van der Waals surface area contributed by atoms with Crippen molar-refractivity contribution in [1.29, 1.82) is 0 Å². The highest BCUT2D eigenvalue weighted by atomic mass is 16.4. The molecule has 0 saturated carbocycles. The summed E-state index contributed by atoms with van der Waals surface area (Å²) in [5.41, 5.74) is 11.6. The van der Waals surface area contributed by atoms with Gasteiger partial charge in [0.25, 0.3) is 0 Å². The van der Waals surface area contributed by atoms with Crippen LogP contribution in [0.3, 0.4) is 0 Å². The molecule has 4 nitrogen and oxygen atoms in total. The van der Waals surface area contributed by atoms with E-state index in [2.05, 4.69) is 36.2 Å². The lowest BCUT2D eigenvalue weighted by Crippen LogP contribution is -1.99. The van der Waals surface area contributed by atoms with Crippen molar-refractivity contribution in [3.8, 4) is 11.3 Å². The molecule has 0 atom stereocenters. The van der Waals surface area contributed by atoms with Crippen molar-refractivity contribution in [1.82, 2.24) is 4.98 Å². The number of fused-ring (bicyclic) bond motifs is 1. The first-order valence-corrected chi connectivity index (χ1v) is 8.81. The number of benzene rings is 2. The molecule has 1 heterocycles. The molecule has 1 aromatic heterocycles. The molecule has 0 fully saturated rings. The van der Waals surface area contributed by atoms with Crippen LogP contribution >= 0.6 is 0 Å². The summed E-state index contributed by atoms with van der Waals surface area (Å²) in [5.74, 6) is -0.898. The molecule has 0 bridgehead atoms. The molecule has 0 spiro atoms. The van der Waals surface area contributed by atoms with Gasteiger partial charge in [-0.1, -0.05) is 31.2 Å². The number of carbonyl (C=O) groups is 1. The SMILES string of the molecule is CCc1ccc(-c2[nH]c3ccc(C(=O)O)cc3c2CCCCN)cc1. The second kappa shape index (κ2) is 7.53. The van der Waals surface area contributed by atoms with E-state index in [1.807, 2.05) is 6.07 Å². The fourth-order valence-corrected chi connectivity index (χ4v) is 3.24. The minimum atomic E-state index is -0.898. The number of hydrogen-bond acceptors (Lipinski definition) is 2. The number of hydrogen-bond donors (Lipinski definition) is 3. The third-order valence-electron chi connectivity index (χ3n) is 4.68. The molecule has 0 amide bonds. The van der Waals surface area contributed by atoms with Crippen LogP contribution in [0.5, 0.6) is 0 Å². The lowest BCUT2D eigenvalue weighted by atomic mass is 9.98. The van der Waals surface area contributed by atoms with Gasteiger partial charge < -0.3 is 15.8 Å². The van der Waals surface area contributed by atoms with Gasteiger partial charge in [0.15, 0.2) is 0 Å². The van der Waals surface area contributed by atoms with E-state index in [9.17, 15) is 9.90 Å². The fraction of sp³-hybridized carbons (Fsp3) is 0.286. The van der Waals surface area contributed by atoms with Gasteiger partial charge in [0.2, 0.25) is 0 Å². The zero-order chi connectivity index (χ0) is 17.8. The Kier molecular flexibility index (Phi) is 5.19. The second-order valence-corrected chi connectivity index (χ2v) is 6.34. The molecular weight excluding hydrogens is 312 g/mol. The predicted molar refractivity (Wildman–Crippen MR) is 102 cm³/mol. The van der Waals surface area contributed by atoms with Crippen LogP contribution in [-0.2, 0) is 12.8 Å². The summed E-state index contributed by atoms with van der Waals surface area (Å²) >= 11 is 0. The van der Waals surface area contributed by atoms with Gasteiger partial charge in [0.1, 0.15) is 0 Å². The molecule has 0 aliphatic heterocycles. The van der Waals surface area contributed by atoms with Crippen LogP contribution in [0.1, 0.15) is 41.3 Å². The number of carboxylic acids is 1. The van der Waals surface area contributed by atoms with Crippen molar-refractivity contribution in [2.24, 2.45) is 5.73 Å². The largest absolute Gasteiger partial charge is 0.478 e.